The molecule has 9 nitrogen and oxygen atoms in total. The van der Waals surface area contributed by atoms with Gasteiger partial charge in [-0.15, -0.1) is 0 Å². The maximum atomic E-state index is 12.3. The van der Waals surface area contributed by atoms with Crippen molar-refractivity contribution < 1.29 is 9.53 Å². The lowest BCUT2D eigenvalue weighted by atomic mass is 9.93. The Morgan fingerprint density at radius 3 is 2.68 bits per heavy atom. The first-order valence-electron chi connectivity index (χ1n) is 9.17. The second-order valence-corrected chi connectivity index (χ2v) is 6.87. The van der Waals surface area contributed by atoms with Gasteiger partial charge in [0.2, 0.25) is 11.6 Å². The van der Waals surface area contributed by atoms with E-state index in [4.69, 9.17) is 10.00 Å². The highest BCUT2D eigenvalue weighted by Gasteiger charge is 2.25. The number of nitriles is 1. The van der Waals surface area contributed by atoms with E-state index in [0.717, 1.165) is 25.7 Å². The zero-order valence-corrected chi connectivity index (χ0v) is 15.9. The van der Waals surface area contributed by atoms with Crippen molar-refractivity contribution in [2.24, 2.45) is 0 Å². The smallest absolute Gasteiger partial charge is 0.256 e. The summed E-state index contributed by atoms with van der Waals surface area (Å²) < 4.78 is 7.13. The van der Waals surface area contributed by atoms with Crippen LogP contribution in [0.1, 0.15) is 42.6 Å². The molecule has 1 saturated carbocycles. The number of nitrogens with zero attached hydrogens (tertiary/aromatic N) is 5. The molecule has 1 amide bonds. The van der Waals surface area contributed by atoms with Crippen molar-refractivity contribution in [2.75, 3.05) is 0 Å². The number of aryl methyl sites for hydroxylation is 1. The van der Waals surface area contributed by atoms with Crippen molar-refractivity contribution >= 4 is 5.91 Å². The van der Waals surface area contributed by atoms with Gasteiger partial charge in [-0.05, 0) is 39.5 Å². The molecular formula is C19H22N6O3. The van der Waals surface area contributed by atoms with Gasteiger partial charge < -0.3 is 10.1 Å². The molecule has 0 radical (unpaired) electrons. The Kier molecular flexibility index (Phi) is 5.99. The summed E-state index contributed by atoms with van der Waals surface area (Å²) in [5.74, 6) is 0.0383. The van der Waals surface area contributed by atoms with Gasteiger partial charge in [0.15, 0.2) is 0 Å². The number of carbonyl (C=O) groups is 1. The molecule has 2 aromatic rings. The average Bonchev–Trinajstić information content (AvgIpc) is 2.70. The maximum absolute atomic E-state index is 12.3. The Morgan fingerprint density at radius 2 is 1.96 bits per heavy atom. The molecule has 3 rings (SSSR count). The molecule has 0 saturated heterocycles. The van der Waals surface area contributed by atoms with Gasteiger partial charge in [-0.1, -0.05) is 0 Å². The normalized spacial score (nSPS) is 18.9. The van der Waals surface area contributed by atoms with Crippen LogP contribution in [-0.2, 0) is 11.3 Å². The number of amides is 1. The van der Waals surface area contributed by atoms with Crippen molar-refractivity contribution in [3.8, 4) is 11.9 Å². The van der Waals surface area contributed by atoms with Crippen LogP contribution in [-0.4, -0.2) is 37.6 Å². The van der Waals surface area contributed by atoms with Gasteiger partial charge in [0.05, 0.1) is 6.33 Å². The van der Waals surface area contributed by atoms with Gasteiger partial charge in [0, 0.05) is 29.7 Å². The van der Waals surface area contributed by atoms with E-state index >= 15 is 0 Å². The third-order valence-electron chi connectivity index (χ3n) is 4.92. The highest BCUT2D eigenvalue weighted by atomic mass is 16.5. The van der Waals surface area contributed by atoms with Crippen LogP contribution in [0.25, 0.3) is 0 Å². The number of aromatic nitrogens is 4. The second-order valence-electron chi connectivity index (χ2n) is 6.87. The Hall–Kier alpha value is -3.28. The summed E-state index contributed by atoms with van der Waals surface area (Å²) in [6.07, 6.45) is 7.25. The molecule has 2 aromatic heterocycles. The molecule has 1 fully saturated rings. The molecule has 0 atom stereocenters. The van der Waals surface area contributed by atoms with Gasteiger partial charge in [-0.3, -0.25) is 14.2 Å². The van der Waals surface area contributed by atoms with E-state index in [2.05, 4.69) is 20.3 Å². The first-order chi connectivity index (χ1) is 13.5. The van der Waals surface area contributed by atoms with Gasteiger partial charge in [-0.25, -0.2) is 15.0 Å². The minimum atomic E-state index is -0.211. The molecule has 0 unspecified atom stereocenters. The Labute approximate surface area is 162 Å². The molecule has 1 N–H and O–H groups in total. The first kappa shape index (κ1) is 19.5. The molecule has 0 aromatic carbocycles. The number of rotatable bonds is 5. The van der Waals surface area contributed by atoms with E-state index in [1.807, 2.05) is 6.07 Å². The second kappa shape index (κ2) is 8.61. The summed E-state index contributed by atoms with van der Waals surface area (Å²) in [7, 11) is 0. The molecule has 1 aliphatic rings. The number of carbonyl (C=O) groups excluding carboxylic acids is 1. The fourth-order valence-electron chi connectivity index (χ4n) is 3.19. The van der Waals surface area contributed by atoms with Crippen molar-refractivity contribution in [3.05, 3.63) is 46.0 Å². The zero-order chi connectivity index (χ0) is 20.1. The molecular weight excluding hydrogens is 360 g/mol. The number of hydrogen-bond donors (Lipinski definition) is 1. The average molecular weight is 382 g/mol. The summed E-state index contributed by atoms with van der Waals surface area (Å²) in [5.41, 5.74) is 1.19. The van der Waals surface area contributed by atoms with Crippen LogP contribution >= 0.6 is 0 Å². The van der Waals surface area contributed by atoms with Crippen LogP contribution in [0.3, 0.4) is 0 Å². The summed E-state index contributed by atoms with van der Waals surface area (Å²) >= 11 is 0. The summed E-state index contributed by atoms with van der Waals surface area (Å²) in [4.78, 5) is 36.6. The van der Waals surface area contributed by atoms with E-state index in [0.29, 0.717) is 11.3 Å². The SMILES string of the molecule is Cc1ncn(CC(=O)NC2CCC(Oc3nccnc3C#N)CC2)c(=O)c1C. The molecule has 28 heavy (non-hydrogen) atoms. The van der Waals surface area contributed by atoms with Crippen LogP contribution in [0, 0.1) is 25.2 Å². The first-order valence-corrected chi connectivity index (χ1v) is 9.17. The summed E-state index contributed by atoms with van der Waals surface area (Å²) in [6, 6.07) is 1.99. The van der Waals surface area contributed by atoms with Crippen molar-refractivity contribution in [3.63, 3.8) is 0 Å². The minimum absolute atomic E-state index is 0.0276. The van der Waals surface area contributed by atoms with E-state index in [1.54, 1.807) is 13.8 Å². The molecule has 0 bridgehead atoms. The topological polar surface area (TPSA) is 123 Å². The van der Waals surface area contributed by atoms with Crippen molar-refractivity contribution in [1.29, 1.82) is 5.26 Å². The lowest BCUT2D eigenvalue weighted by molar-refractivity contribution is -0.122. The lowest BCUT2D eigenvalue weighted by Gasteiger charge is -2.29. The molecule has 1 aliphatic carbocycles. The zero-order valence-electron chi connectivity index (χ0n) is 15.9. The van der Waals surface area contributed by atoms with Gasteiger partial charge in [0.25, 0.3) is 11.4 Å². The molecule has 0 spiro atoms. The molecule has 0 aliphatic heterocycles. The Bertz CT molecular complexity index is 957. The number of nitrogens with one attached hydrogen (secondary N) is 1. The Morgan fingerprint density at radius 1 is 1.25 bits per heavy atom. The monoisotopic (exact) mass is 382 g/mol. The standard InChI is InChI=1S/C19H22N6O3/c1-12-13(2)23-11-25(19(12)27)10-17(26)24-14-3-5-15(6-4-14)28-18-16(9-20)21-7-8-22-18/h7-8,11,14-15H,3-6,10H2,1-2H3,(H,24,26). The third kappa shape index (κ3) is 4.52. The van der Waals surface area contributed by atoms with Crippen LogP contribution in [0.2, 0.25) is 0 Å². The van der Waals surface area contributed by atoms with Crippen LogP contribution in [0.15, 0.2) is 23.5 Å². The fourth-order valence-corrected chi connectivity index (χ4v) is 3.19. The van der Waals surface area contributed by atoms with Gasteiger partial charge in [-0.2, -0.15) is 5.26 Å². The minimum Gasteiger partial charge on any atom is -0.472 e. The largest absolute Gasteiger partial charge is 0.472 e. The van der Waals surface area contributed by atoms with Crippen molar-refractivity contribution in [1.82, 2.24) is 24.8 Å². The van der Waals surface area contributed by atoms with Crippen LogP contribution in [0.5, 0.6) is 5.88 Å². The molecule has 9 heteroatoms. The van der Waals surface area contributed by atoms with E-state index in [1.165, 1.54) is 23.3 Å². The fraction of sp³-hybridized carbons (Fsp3) is 0.474. The predicted molar refractivity (Wildman–Crippen MR) is 99.5 cm³/mol. The van der Waals surface area contributed by atoms with E-state index in [9.17, 15) is 9.59 Å². The molecule has 146 valence electrons. The maximum Gasteiger partial charge on any atom is 0.256 e. The van der Waals surface area contributed by atoms with Crippen molar-refractivity contribution in [2.45, 2.75) is 58.2 Å². The number of hydrogen-bond acceptors (Lipinski definition) is 7. The predicted octanol–water partition coefficient (Wildman–Crippen LogP) is 1.03. The van der Waals surface area contributed by atoms with E-state index in [-0.39, 0.29) is 41.7 Å². The third-order valence-corrected chi connectivity index (χ3v) is 4.92. The lowest BCUT2D eigenvalue weighted by Crippen LogP contribution is -2.42. The quantitative estimate of drug-likeness (QED) is 0.819. The summed E-state index contributed by atoms with van der Waals surface area (Å²) in [6.45, 7) is 3.42. The van der Waals surface area contributed by atoms with Gasteiger partial charge in [0.1, 0.15) is 18.7 Å². The summed E-state index contributed by atoms with van der Waals surface area (Å²) in [5, 5.41) is 12.0. The molecule has 2 heterocycles. The highest BCUT2D eigenvalue weighted by Crippen LogP contribution is 2.23. The highest BCUT2D eigenvalue weighted by molar-refractivity contribution is 5.76. The number of ether oxygens (including phenoxy) is 1. The van der Waals surface area contributed by atoms with Gasteiger partial charge >= 0.3 is 0 Å². The van der Waals surface area contributed by atoms with Crippen LogP contribution < -0.4 is 15.6 Å². The Balaban J connectivity index is 1.50. The van der Waals surface area contributed by atoms with E-state index < -0.39 is 0 Å². The van der Waals surface area contributed by atoms with Crippen LogP contribution in [0.4, 0.5) is 0 Å².